The Labute approximate surface area is 128 Å². The minimum Gasteiger partial charge on any atom is -0.459 e. The number of amides is 1. The fraction of sp³-hybridized carbons (Fsp3) is 0.353. The molecule has 0 spiro atoms. The first-order valence-corrected chi connectivity index (χ1v) is 7.37. The van der Waals surface area contributed by atoms with E-state index < -0.39 is 6.10 Å². The van der Waals surface area contributed by atoms with Crippen molar-refractivity contribution in [2.75, 3.05) is 13.1 Å². The molecule has 2 aromatic rings. The van der Waals surface area contributed by atoms with Gasteiger partial charge in [-0.25, -0.2) is 4.39 Å². The Morgan fingerprint density at radius 3 is 2.73 bits per heavy atom. The Kier molecular flexibility index (Phi) is 3.98. The molecule has 1 aromatic heterocycles. The molecule has 0 bridgehead atoms. The summed E-state index contributed by atoms with van der Waals surface area (Å²) < 4.78 is 18.4. The number of likely N-dealkylation sites (tertiary alicyclic amines) is 1. The van der Waals surface area contributed by atoms with Gasteiger partial charge in [0, 0.05) is 18.7 Å². The Morgan fingerprint density at radius 1 is 1.32 bits per heavy atom. The van der Waals surface area contributed by atoms with Crippen LogP contribution in [0.4, 0.5) is 4.39 Å². The predicted molar refractivity (Wildman–Crippen MR) is 79.8 cm³/mol. The Morgan fingerprint density at radius 2 is 2.05 bits per heavy atom. The third-order valence-electron chi connectivity index (χ3n) is 4.22. The van der Waals surface area contributed by atoms with E-state index in [0.717, 1.165) is 12.0 Å². The van der Waals surface area contributed by atoms with Crippen molar-refractivity contribution in [2.24, 2.45) is 5.92 Å². The van der Waals surface area contributed by atoms with Gasteiger partial charge in [-0.1, -0.05) is 19.1 Å². The largest absolute Gasteiger partial charge is 0.459 e. The monoisotopic (exact) mass is 303 g/mol. The molecule has 0 radical (unpaired) electrons. The highest BCUT2D eigenvalue weighted by Crippen LogP contribution is 2.27. The van der Waals surface area contributed by atoms with Crippen LogP contribution in [0.15, 0.2) is 41.0 Å². The summed E-state index contributed by atoms with van der Waals surface area (Å²) in [5.41, 5.74) is 1.36. The van der Waals surface area contributed by atoms with Gasteiger partial charge >= 0.3 is 0 Å². The van der Waals surface area contributed by atoms with E-state index in [2.05, 4.69) is 0 Å². The number of hydrogen-bond acceptors (Lipinski definition) is 3. The average molecular weight is 303 g/mol. The quantitative estimate of drug-likeness (QED) is 0.928. The van der Waals surface area contributed by atoms with Crippen LogP contribution in [-0.2, 0) is 0 Å². The highest BCUT2D eigenvalue weighted by molar-refractivity contribution is 5.98. The van der Waals surface area contributed by atoms with Crippen LogP contribution in [0.3, 0.4) is 0 Å². The van der Waals surface area contributed by atoms with E-state index in [4.69, 9.17) is 4.42 Å². The molecule has 1 saturated heterocycles. The molecule has 0 aliphatic carbocycles. The third kappa shape index (κ3) is 2.76. The lowest BCUT2D eigenvalue weighted by Crippen LogP contribution is -2.45. The van der Waals surface area contributed by atoms with E-state index in [1.807, 2.05) is 6.92 Å². The van der Waals surface area contributed by atoms with Gasteiger partial charge in [0.2, 0.25) is 0 Å². The van der Waals surface area contributed by atoms with Gasteiger partial charge in [-0.2, -0.15) is 0 Å². The van der Waals surface area contributed by atoms with Crippen LogP contribution >= 0.6 is 0 Å². The Balaban J connectivity index is 1.85. The van der Waals surface area contributed by atoms with Crippen molar-refractivity contribution in [3.8, 4) is 11.1 Å². The fourth-order valence-corrected chi connectivity index (χ4v) is 2.71. The summed E-state index contributed by atoms with van der Waals surface area (Å²) in [4.78, 5) is 14.2. The molecule has 116 valence electrons. The molecule has 5 heteroatoms. The topological polar surface area (TPSA) is 53.7 Å². The van der Waals surface area contributed by atoms with Crippen LogP contribution < -0.4 is 0 Å². The molecular weight excluding hydrogens is 285 g/mol. The molecule has 3 rings (SSSR count). The van der Waals surface area contributed by atoms with Gasteiger partial charge < -0.3 is 14.4 Å². The first kappa shape index (κ1) is 14.8. The molecule has 1 aromatic carbocycles. The van der Waals surface area contributed by atoms with Gasteiger partial charge in [-0.15, -0.1) is 0 Å². The van der Waals surface area contributed by atoms with Crippen LogP contribution in [-0.4, -0.2) is 35.1 Å². The van der Waals surface area contributed by atoms with Crippen LogP contribution in [0.5, 0.6) is 0 Å². The number of nitrogens with zero attached hydrogens (tertiary/aromatic N) is 1. The number of aliphatic hydroxyl groups is 1. The maximum absolute atomic E-state index is 13.0. The maximum Gasteiger partial charge on any atom is 0.290 e. The lowest BCUT2D eigenvalue weighted by molar-refractivity contribution is 0.0231. The predicted octanol–water partition coefficient (Wildman–Crippen LogP) is 2.93. The molecule has 4 nitrogen and oxygen atoms in total. The van der Waals surface area contributed by atoms with Gasteiger partial charge in [0.05, 0.1) is 12.4 Å². The molecule has 2 atom stereocenters. The number of furan rings is 1. The summed E-state index contributed by atoms with van der Waals surface area (Å²) in [6.45, 7) is 2.88. The van der Waals surface area contributed by atoms with E-state index in [1.54, 1.807) is 23.1 Å². The van der Waals surface area contributed by atoms with Crippen molar-refractivity contribution < 1.29 is 18.7 Å². The molecule has 1 fully saturated rings. The second-order valence-electron chi connectivity index (χ2n) is 5.75. The summed E-state index contributed by atoms with van der Waals surface area (Å²) in [6, 6.07) is 7.63. The number of β-amino-alcohol motifs (C(OH)–C–C–N with tert-alkyl or cyclic N) is 1. The van der Waals surface area contributed by atoms with E-state index in [9.17, 15) is 14.3 Å². The van der Waals surface area contributed by atoms with Gasteiger partial charge in [0.15, 0.2) is 5.76 Å². The maximum atomic E-state index is 13.0. The standard InChI is InChI=1S/C17H18FNO3/c1-11-6-8-19(10-15(11)20)17(21)16-14(7-9-22-16)12-2-4-13(18)5-3-12/h2-5,7,9,11,15,20H,6,8,10H2,1H3. The lowest BCUT2D eigenvalue weighted by Gasteiger charge is -2.33. The van der Waals surface area contributed by atoms with E-state index in [0.29, 0.717) is 18.7 Å². The Bertz CT molecular complexity index is 665. The number of aliphatic hydroxyl groups excluding tert-OH is 1. The normalized spacial score (nSPS) is 21.9. The number of hydrogen-bond donors (Lipinski definition) is 1. The van der Waals surface area contributed by atoms with Gasteiger partial charge in [-0.05, 0) is 36.1 Å². The summed E-state index contributed by atoms with van der Waals surface area (Å²) in [6.07, 6.45) is 1.70. The molecule has 1 amide bonds. The van der Waals surface area contributed by atoms with Gasteiger partial charge in [0.25, 0.3) is 5.91 Å². The van der Waals surface area contributed by atoms with Crippen LogP contribution in [0.1, 0.15) is 23.9 Å². The number of halogens is 1. The van der Waals surface area contributed by atoms with E-state index in [-0.39, 0.29) is 23.4 Å². The summed E-state index contributed by atoms with van der Waals surface area (Å²) in [5, 5.41) is 9.95. The molecule has 1 N–H and O–H groups in total. The van der Waals surface area contributed by atoms with Crippen LogP contribution in [0, 0.1) is 11.7 Å². The third-order valence-corrected chi connectivity index (χ3v) is 4.22. The molecule has 0 saturated carbocycles. The zero-order valence-electron chi connectivity index (χ0n) is 12.3. The van der Waals surface area contributed by atoms with Crippen molar-refractivity contribution in [3.63, 3.8) is 0 Å². The minimum atomic E-state index is -0.512. The zero-order chi connectivity index (χ0) is 15.7. The highest BCUT2D eigenvalue weighted by Gasteiger charge is 2.30. The van der Waals surface area contributed by atoms with Gasteiger partial charge in [-0.3, -0.25) is 4.79 Å². The average Bonchev–Trinajstić information content (AvgIpc) is 2.99. The second-order valence-corrected chi connectivity index (χ2v) is 5.75. The molecule has 2 heterocycles. The number of piperidine rings is 1. The Hall–Kier alpha value is -2.14. The summed E-state index contributed by atoms with van der Waals surface area (Å²) >= 11 is 0. The summed E-state index contributed by atoms with van der Waals surface area (Å²) in [5.74, 6) is -0.144. The van der Waals surface area contributed by atoms with Crippen molar-refractivity contribution in [1.29, 1.82) is 0 Å². The lowest BCUT2D eigenvalue weighted by atomic mass is 9.95. The number of carbonyl (C=O) groups is 1. The first-order chi connectivity index (χ1) is 10.6. The highest BCUT2D eigenvalue weighted by atomic mass is 19.1. The molecule has 1 aliphatic rings. The van der Waals surface area contributed by atoms with Crippen molar-refractivity contribution in [1.82, 2.24) is 4.90 Å². The summed E-state index contributed by atoms with van der Waals surface area (Å²) in [7, 11) is 0. The molecule has 1 aliphatic heterocycles. The molecule has 22 heavy (non-hydrogen) atoms. The number of carbonyl (C=O) groups excluding carboxylic acids is 1. The van der Waals surface area contributed by atoms with Crippen molar-refractivity contribution >= 4 is 5.91 Å². The van der Waals surface area contributed by atoms with Crippen molar-refractivity contribution in [3.05, 3.63) is 48.2 Å². The first-order valence-electron chi connectivity index (χ1n) is 7.37. The smallest absolute Gasteiger partial charge is 0.290 e. The van der Waals surface area contributed by atoms with Crippen LogP contribution in [0.2, 0.25) is 0 Å². The number of benzene rings is 1. The minimum absolute atomic E-state index is 0.192. The van der Waals surface area contributed by atoms with Gasteiger partial charge in [0.1, 0.15) is 5.82 Å². The van der Waals surface area contributed by atoms with E-state index in [1.165, 1.54) is 18.4 Å². The van der Waals surface area contributed by atoms with E-state index >= 15 is 0 Å². The number of rotatable bonds is 2. The second kappa shape index (κ2) is 5.93. The van der Waals surface area contributed by atoms with Crippen molar-refractivity contribution in [2.45, 2.75) is 19.4 Å². The molecular formula is C17H18FNO3. The SMILES string of the molecule is CC1CCN(C(=O)c2occc2-c2ccc(F)cc2)CC1O. The zero-order valence-corrected chi connectivity index (χ0v) is 12.3. The molecule has 2 unspecified atom stereocenters. The van der Waals surface area contributed by atoms with Crippen LogP contribution in [0.25, 0.3) is 11.1 Å². The fourth-order valence-electron chi connectivity index (χ4n) is 2.71.